The summed E-state index contributed by atoms with van der Waals surface area (Å²) < 4.78 is 20.6. The first-order valence-corrected chi connectivity index (χ1v) is 8.24. The Bertz CT molecular complexity index is 892. The minimum Gasteiger partial charge on any atom is -0.468 e. The first kappa shape index (κ1) is 18.5. The molecule has 140 valence electrons. The van der Waals surface area contributed by atoms with Gasteiger partial charge in [-0.2, -0.15) is 0 Å². The van der Waals surface area contributed by atoms with Crippen molar-refractivity contribution < 1.29 is 27.9 Å². The van der Waals surface area contributed by atoms with Gasteiger partial charge in [0.1, 0.15) is 17.3 Å². The van der Waals surface area contributed by atoms with Crippen molar-refractivity contribution in [2.75, 3.05) is 14.2 Å². The van der Waals surface area contributed by atoms with Crippen LogP contribution < -0.4 is 5.32 Å². The number of methoxy groups -OCH3 is 2. The molecule has 27 heavy (non-hydrogen) atoms. The molecule has 7 heteroatoms. The monoisotopic (exact) mass is 369 g/mol. The third-order valence-corrected chi connectivity index (χ3v) is 3.90. The molecule has 0 spiro atoms. The van der Waals surface area contributed by atoms with E-state index in [1.165, 1.54) is 20.3 Å². The molecule has 0 aliphatic carbocycles. The third kappa shape index (κ3) is 4.45. The summed E-state index contributed by atoms with van der Waals surface area (Å²) in [5, 5.41) is 3.21. The highest BCUT2D eigenvalue weighted by Gasteiger charge is 2.16. The molecule has 0 aliphatic heterocycles. The van der Waals surface area contributed by atoms with Crippen LogP contribution >= 0.6 is 0 Å². The van der Waals surface area contributed by atoms with Gasteiger partial charge in [0, 0.05) is 5.56 Å². The number of ether oxygens (including phenoxy) is 2. The van der Waals surface area contributed by atoms with Crippen molar-refractivity contribution in [2.45, 2.75) is 13.1 Å². The zero-order valence-electron chi connectivity index (χ0n) is 15.0. The van der Waals surface area contributed by atoms with Gasteiger partial charge in [-0.1, -0.05) is 0 Å². The summed E-state index contributed by atoms with van der Waals surface area (Å²) in [6.07, 6.45) is 1.62. The SMILES string of the molecule is COC(=O)c1cc(C(=O)OC)cc(-c2ccc(CNCc3ccco3)o2)c1. The van der Waals surface area contributed by atoms with Crippen LogP contribution in [0.2, 0.25) is 0 Å². The van der Waals surface area contributed by atoms with E-state index in [4.69, 9.17) is 18.3 Å². The number of hydrogen-bond donors (Lipinski definition) is 1. The fourth-order valence-electron chi connectivity index (χ4n) is 2.59. The summed E-state index contributed by atoms with van der Waals surface area (Å²) in [5.74, 6) is 0.971. The Balaban J connectivity index is 1.79. The number of furan rings is 2. The number of esters is 2. The zero-order chi connectivity index (χ0) is 19.2. The molecule has 3 aromatic rings. The molecule has 0 saturated carbocycles. The van der Waals surface area contributed by atoms with Crippen molar-refractivity contribution >= 4 is 11.9 Å². The van der Waals surface area contributed by atoms with Crippen molar-refractivity contribution in [3.8, 4) is 11.3 Å². The first-order valence-electron chi connectivity index (χ1n) is 8.24. The normalized spacial score (nSPS) is 10.6. The van der Waals surface area contributed by atoms with E-state index < -0.39 is 11.9 Å². The highest BCUT2D eigenvalue weighted by atomic mass is 16.5. The van der Waals surface area contributed by atoms with E-state index in [1.54, 1.807) is 24.5 Å². The van der Waals surface area contributed by atoms with Crippen LogP contribution in [0.15, 0.2) is 57.6 Å². The van der Waals surface area contributed by atoms with Crippen LogP contribution in [0.5, 0.6) is 0 Å². The van der Waals surface area contributed by atoms with Crippen LogP contribution in [0, 0.1) is 0 Å². The average Bonchev–Trinajstić information content (AvgIpc) is 3.38. The minimum atomic E-state index is -0.547. The van der Waals surface area contributed by atoms with Gasteiger partial charge >= 0.3 is 11.9 Å². The lowest BCUT2D eigenvalue weighted by molar-refractivity contribution is 0.0599. The molecule has 0 amide bonds. The van der Waals surface area contributed by atoms with E-state index in [-0.39, 0.29) is 11.1 Å². The maximum Gasteiger partial charge on any atom is 0.337 e. The molecular weight excluding hydrogens is 350 g/mol. The quantitative estimate of drug-likeness (QED) is 0.638. The van der Waals surface area contributed by atoms with E-state index in [2.05, 4.69) is 5.32 Å². The summed E-state index contributed by atoms with van der Waals surface area (Å²) in [6, 6.07) is 12.0. The van der Waals surface area contributed by atoms with Crippen LogP contribution in [-0.4, -0.2) is 26.2 Å². The van der Waals surface area contributed by atoms with Gasteiger partial charge in [0.2, 0.25) is 0 Å². The number of benzene rings is 1. The fraction of sp³-hybridized carbons (Fsp3) is 0.200. The van der Waals surface area contributed by atoms with Crippen LogP contribution in [0.1, 0.15) is 32.2 Å². The molecule has 0 unspecified atom stereocenters. The number of rotatable bonds is 7. The molecular formula is C20H19NO6. The summed E-state index contributed by atoms with van der Waals surface area (Å²) in [7, 11) is 2.56. The summed E-state index contributed by atoms with van der Waals surface area (Å²) in [4.78, 5) is 23.8. The Hall–Kier alpha value is -3.32. The molecule has 0 radical (unpaired) electrons. The molecule has 3 rings (SSSR count). The molecule has 0 saturated heterocycles. The molecule has 0 atom stereocenters. The summed E-state index contributed by atoms with van der Waals surface area (Å²) in [6.45, 7) is 1.08. The summed E-state index contributed by atoms with van der Waals surface area (Å²) in [5.41, 5.74) is 1.06. The van der Waals surface area contributed by atoms with E-state index in [0.29, 0.717) is 30.2 Å². The van der Waals surface area contributed by atoms with Gasteiger partial charge in [-0.05, 0) is 42.5 Å². The molecule has 0 bridgehead atoms. The fourth-order valence-corrected chi connectivity index (χ4v) is 2.59. The van der Waals surface area contributed by atoms with Gasteiger partial charge in [0.25, 0.3) is 0 Å². The number of nitrogens with one attached hydrogen (secondary N) is 1. The van der Waals surface area contributed by atoms with Gasteiger partial charge in [0.15, 0.2) is 0 Å². The van der Waals surface area contributed by atoms with Gasteiger partial charge in [-0.25, -0.2) is 9.59 Å². The minimum absolute atomic E-state index is 0.240. The zero-order valence-corrected chi connectivity index (χ0v) is 15.0. The molecule has 1 aromatic carbocycles. The number of hydrogen-bond acceptors (Lipinski definition) is 7. The van der Waals surface area contributed by atoms with E-state index in [0.717, 1.165) is 5.76 Å². The van der Waals surface area contributed by atoms with Crippen molar-refractivity contribution in [3.05, 3.63) is 71.4 Å². The topological polar surface area (TPSA) is 90.9 Å². The highest BCUT2D eigenvalue weighted by Crippen LogP contribution is 2.25. The summed E-state index contributed by atoms with van der Waals surface area (Å²) >= 11 is 0. The number of carbonyl (C=O) groups is 2. The Morgan fingerprint density at radius 1 is 0.926 bits per heavy atom. The standard InChI is InChI=1S/C20H19NO6/c1-24-19(22)14-8-13(9-15(10-14)20(23)25-2)18-6-5-17(27-18)12-21-11-16-4-3-7-26-16/h3-10,21H,11-12H2,1-2H3. The maximum absolute atomic E-state index is 11.9. The van der Waals surface area contributed by atoms with Crippen molar-refractivity contribution in [2.24, 2.45) is 0 Å². The molecule has 0 aliphatic rings. The Kier molecular flexibility index (Phi) is 5.73. The molecule has 2 aromatic heterocycles. The smallest absolute Gasteiger partial charge is 0.337 e. The molecule has 1 N–H and O–H groups in total. The van der Waals surface area contributed by atoms with Crippen LogP contribution in [0.4, 0.5) is 0 Å². The third-order valence-electron chi connectivity index (χ3n) is 3.90. The molecule has 0 fully saturated rings. The van der Waals surface area contributed by atoms with Gasteiger partial charge in [-0.3, -0.25) is 0 Å². The highest BCUT2D eigenvalue weighted by molar-refractivity contribution is 5.97. The van der Waals surface area contributed by atoms with Crippen LogP contribution in [-0.2, 0) is 22.6 Å². The Labute approximate surface area is 155 Å². The lowest BCUT2D eigenvalue weighted by Gasteiger charge is -2.06. The Morgan fingerprint density at radius 2 is 1.59 bits per heavy atom. The first-order chi connectivity index (χ1) is 13.1. The predicted octanol–water partition coefficient (Wildman–Crippen LogP) is 3.40. The molecule has 2 heterocycles. The van der Waals surface area contributed by atoms with Crippen molar-refractivity contribution in [1.29, 1.82) is 0 Å². The second-order valence-corrected chi connectivity index (χ2v) is 5.73. The molecule has 7 nitrogen and oxygen atoms in total. The van der Waals surface area contributed by atoms with Crippen LogP contribution in [0.3, 0.4) is 0 Å². The van der Waals surface area contributed by atoms with E-state index >= 15 is 0 Å². The second-order valence-electron chi connectivity index (χ2n) is 5.73. The van der Waals surface area contributed by atoms with Crippen LogP contribution in [0.25, 0.3) is 11.3 Å². The van der Waals surface area contributed by atoms with E-state index in [1.807, 2.05) is 18.2 Å². The van der Waals surface area contributed by atoms with Gasteiger partial charge < -0.3 is 23.6 Å². The maximum atomic E-state index is 11.9. The number of carbonyl (C=O) groups excluding carboxylic acids is 2. The lowest BCUT2D eigenvalue weighted by Crippen LogP contribution is -2.11. The van der Waals surface area contributed by atoms with E-state index in [9.17, 15) is 9.59 Å². The van der Waals surface area contributed by atoms with Crippen molar-refractivity contribution in [3.63, 3.8) is 0 Å². The van der Waals surface area contributed by atoms with Crippen molar-refractivity contribution in [1.82, 2.24) is 5.32 Å². The van der Waals surface area contributed by atoms with Gasteiger partial charge in [0.05, 0.1) is 44.7 Å². The second kappa shape index (κ2) is 8.37. The Morgan fingerprint density at radius 3 is 2.19 bits per heavy atom. The predicted molar refractivity (Wildman–Crippen MR) is 96.1 cm³/mol. The largest absolute Gasteiger partial charge is 0.468 e. The average molecular weight is 369 g/mol. The lowest BCUT2D eigenvalue weighted by atomic mass is 10.0. The van der Waals surface area contributed by atoms with Gasteiger partial charge in [-0.15, -0.1) is 0 Å².